The van der Waals surface area contributed by atoms with Crippen molar-refractivity contribution < 1.29 is 22.6 Å². The summed E-state index contributed by atoms with van der Waals surface area (Å²) >= 11 is 0. The van der Waals surface area contributed by atoms with Gasteiger partial charge in [-0.2, -0.15) is 9.97 Å². The van der Waals surface area contributed by atoms with Crippen molar-refractivity contribution in [1.82, 2.24) is 24.8 Å². The SMILES string of the molecule is COc1ccc(-c2noc(-c3ccc(=O)n(Cc4noc(-c5ccco5)n4)c3)n2)cc1F. The van der Waals surface area contributed by atoms with Crippen molar-refractivity contribution in [3.8, 4) is 40.2 Å². The fourth-order valence-electron chi connectivity index (χ4n) is 3.02. The summed E-state index contributed by atoms with van der Waals surface area (Å²) in [5.41, 5.74) is 0.631. The van der Waals surface area contributed by atoms with Crippen LogP contribution in [-0.2, 0) is 6.54 Å². The van der Waals surface area contributed by atoms with E-state index in [9.17, 15) is 9.18 Å². The molecule has 5 rings (SSSR count). The zero-order valence-corrected chi connectivity index (χ0v) is 16.6. The quantitative estimate of drug-likeness (QED) is 0.395. The summed E-state index contributed by atoms with van der Waals surface area (Å²) in [5, 5.41) is 7.77. The monoisotopic (exact) mass is 435 g/mol. The second-order valence-corrected chi connectivity index (χ2v) is 6.65. The van der Waals surface area contributed by atoms with Crippen molar-refractivity contribution in [1.29, 1.82) is 0 Å². The molecule has 4 heterocycles. The lowest BCUT2D eigenvalue weighted by molar-refractivity contribution is 0.386. The molecular formula is C21H14FN5O5. The third-order valence-corrected chi connectivity index (χ3v) is 4.58. The maximum Gasteiger partial charge on any atom is 0.293 e. The molecule has 0 aliphatic heterocycles. The van der Waals surface area contributed by atoms with Gasteiger partial charge in [0.1, 0.15) is 0 Å². The van der Waals surface area contributed by atoms with Crippen molar-refractivity contribution in [3.05, 3.63) is 76.9 Å². The number of hydrogen-bond donors (Lipinski definition) is 0. The van der Waals surface area contributed by atoms with Gasteiger partial charge in [-0.3, -0.25) is 4.79 Å². The largest absolute Gasteiger partial charge is 0.494 e. The van der Waals surface area contributed by atoms with Gasteiger partial charge in [-0.25, -0.2) is 4.39 Å². The third-order valence-electron chi connectivity index (χ3n) is 4.58. The molecule has 0 spiro atoms. The van der Waals surface area contributed by atoms with Crippen LogP contribution in [0.3, 0.4) is 0 Å². The fraction of sp³-hybridized carbons (Fsp3) is 0.0952. The molecule has 32 heavy (non-hydrogen) atoms. The van der Waals surface area contributed by atoms with Gasteiger partial charge >= 0.3 is 0 Å². The normalized spacial score (nSPS) is 11.1. The maximum absolute atomic E-state index is 14.0. The second-order valence-electron chi connectivity index (χ2n) is 6.65. The van der Waals surface area contributed by atoms with E-state index in [4.69, 9.17) is 18.2 Å². The molecule has 160 valence electrons. The van der Waals surface area contributed by atoms with E-state index in [0.717, 1.165) is 0 Å². The molecule has 0 amide bonds. The first-order chi connectivity index (χ1) is 15.6. The fourth-order valence-corrected chi connectivity index (χ4v) is 3.02. The molecule has 11 heteroatoms. The van der Waals surface area contributed by atoms with Gasteiger partial charge in [0, 0.05) is 17.8 Å². The van der Waals surface area contributed by atoms with Crippen molar-refractivity contribution in [3.63, 3.8) is 0 Å². The molecule has 0 N–H and O–H groups in total. The summed E-state index contributed by atoms with van der Waals surface area (Å²) in [5.74, 6) is 0.853. The molecule has 0 aliphatic rings. The summed E-state index contributed by atoms with van der Waals surface area (Å²) < 4.78 is 36.0. The van der Waals surface area contributed by atoms with Crippen molar-refractivity contribution in [2.24, 2.45) is 0 Å². The number of hydrogen-bond acceptors (Lipinski definition) is 9. The Morgan fingerprint density at radius 2 is 1.88 bits per heavy atom. The molecule has 5 aromatic rings. The van der Waals surface area contributed by atoms with Crippen LogP contribution in [0, 0.1) is 5.82 Å². The first-order valence-corrected chi connectivity index (χ1v) is 9.35. The van der Waals surface area contributed by atoms with Gasteiger partial charge in [0.25, 0.3) is 17.3 Å². The Hall–Kier alpha value is -4.54. The van der Waals surface area contributed by atoms with E-state index in [2.05, 4.69) is 20.3 Å². The number of pyridine rings is 1. The molecule has 0 saturated heterocycles. The molecular weight excluding hydrogens is 421 g/mol. The highest BCUT2D eigenvalue weighted by Gasteiger charge is 2.16. The van der Waals surface area contributed by atoms with Crippen LogP contribution >= 0.6 is 0 Å². The Kier molecular flexibility index (Phi) is 4.82. The van der Waals surface area contributed by atoms with E-state index in [1.165, 1.54) is 42.3 Å². The summed E-state index contributed by atoms with van der Waals surface area (Å²) in [4.78, 5) is 20.8. The van der Waals surface area contributed by atoms with Gasteiger partial charge < -0.3 is 22.8 Å². The Labute approximate surface area is 178 Å². The van der Waals surface area contributed by atoms with Crippen LogP contribution in [0.1, 0.15) is 5.82 Å². The summed E-state index contributed by atoms with van der Waals surface area (Å²) in [7, 11) is 1.38. The van der Waals surface area contributed by atoms with Crippen molar-refractivity contribution in [2.75, 3.05) is 7.11 Å². The average Bonchev–Trinajstić information content (AvgIpc) is 3.56. The number of benzene rings is 1. The molecule has 10 nitrogen and oxygen atoms in total. The van der Waals surface area contributed by atoms with Crippen LogP contribution in [0.5, 0.6) is 5.75 Å². The molecule has 0 bridgehead atoms. The highest BCUT2D eigenvalue weighted by Crippen LogP contribution is 2.26. The minimum Gasteiger partial charge on any atom is -0.494 e. The second kappa shape index (κ2) is 7.95. The lowest BCUT2D eigenvalue weighted by atomic mass is 10.2. The van der Waals surface area contributed by atoms with Gasteiger partial charge in [-0.1, -0.05) is 10.3 Å². The number of ether oxygens (including phenoxy) is 1. The predicted molar refractivity (Wildman–Crippen MR) is 107 cm³/mol. The standard InChI is InChI=1S/C21H14FN5O5/c1-29-15-6-4-12(9-14(15)22)19-24-20(31-26-19)13-5-7-18(28)27(10-13)11-17-23-21(32-25-17)16-3-2-8-30-16/h2-10H,11H2,1H3. The average molecular weight is 435 g/mol. The summed E-state index contributed by atoms with van der Waals surface area (Å²) in [6, 6.07) is 10.6. The zero-order valence-electron chi connectivity index (χ0n) is 16.6. The van der Waals surface area contributed by atoms with Crippen LogP contribution in [0.25, 0.3) is 34.5 Å². The van der Waals surface area contributed by atoms with Crippen LogP contribution in [0.15, 0.2) is 73.2 Å². The van der Waals surface area contributed by atoms with Crippen LogP contribution < -0.4 is 10.3 Å². The van der Waals surface area contributed by atoms with E-state index in [-0.39, 0.29) is 41.3 Å². The Balaban J connectivity index is 1.41. The number of nitrogens with zero attached hydrogens (tertiary/aromatic N) is 5. The lowest BCUT2D eigenvalue weighted by Gasteiger charge is -2.03. The van der Waals surface area contributed by atoms with Crippen molar-refractivity contribution in [2.45, 2.75) is 6.54 Å². The molecule has 0 fully saturated rings. The van der Waals surface area contributed by atoms with Crippen LogP contribution in [-0.4, -0.2) is 32.0 Å². The number of methoxy groups -OCH3 is 1. The summed E-state index contributed by atoms with van der Waals surface area (Å²) in [6.07, 6.45) is 3.03. The molecule has 0 radical (unpaired) electrons. The van der Waals surface area contributed by atoms with Gasteiger partial charge in [-0.15, -0.1) is 0 Å². The maximum atomic E-state index is 14.0. The first kappa shape index (κ1) is 19.4. The third kappa shape index (κ3) is 3.67. The minimum absolute atomic E-state index is 0.0571. The zero-order chi connectivity index (χ0) is 22.1. The lowest BCUT2D eigenvalue weighted by Crippen LogP contribution is -2.19. The molecule has 4 aromatic heterocycles. The molecule has 0 saturated carbocycles. The first-order valence-electron chi connectivity index (χ1n) is 9.35. The van der Waals surface area contributed by atoms with Gasteiger partial charge in [0.05, 0.1) is 25.5 Å². The topological polar surface area (TPSA) is 122 Å². The van der Waals surface area contributed by atoms with Gasteiger partial charge in [-0.05, 0) is 36.4 Å². The predicted octanol–water partition coefficient (Wildman–Crippen LogP) is 3.40. The smallest absolute Gasteiger partial charge is 0.293 e. The number of rotatable bonds is 6. The Morgan fingerprint density at radius 3 is 2.66 bits per heavy atom. The molecule has 1 aromatic carbocycles. The highest BCUT2D eigenvalue weighted by atomic mass is 19.1. The van der Waals surface area contributed by atoms with E-state index < -0.39 is 5.82 Å². The summed E-state index contributed by atoms with van der Waals surface area (Å²) in [6.45, 7) is 0.0571. The van der Waals surface area contributed by atoms with E-state index in [1.807, 2.05) is 0 Å². The minimum atomic E-state index is -0.543. The van der Waals surface area contributed by atoms with Gasteiger partial charge in [0.2, 0.25) is 5.82 Å². The Morgan fingerprint density at radius 1 is 1.03 bits per heavy atom. The van der Waals surface area contributed by atoms with Crippen LogP contribution in [0.4, 0.5) is 4.39 Å². The number of furan rings is 1. The van der Waals surface area contributed by atoms with Crippen molar-refractivity contribution >= 4 is 0 Å². The molecule has 0 aliphatic carbocycles. The van der Waals surface area contributed by atoms with E-state index >= 15 is 0 Å². The van der Waals surface area contributed by atoms with E-state index in [1.54, 1.807) is 24.3 Å². The van der Waals surface area contributed by atoms with E-state index in [0.29, 0.717) is 16.9 Å². The van der Waals surface area contributed by atoms with Gasteiger partial charge in [0.15, 0.2) is 23.2 Å². The molecule has 0 unspecified atom stereocenters. The number of aromatic nitrogens is 5. The number of halogens is 1. The highest BCUT2D eigenvalue weighted by molar-refractivity contribution is 5.60. The molecule has 0 atom stereocenters. The van der Waals surface area contributed by atoms with Crippen LogP contribution in [0.2, 0.25) is 0 Å². The Bertz CT molecular complexity index is 1440.